The van der Waals surface area contributed by atoms with Gasteiger partial charge in [-0.05, 0) is 36.8 Å². The highest BCUT2D eigenvalue weighted by Gasteiger charge is 2.09. The predicted molar refractivity (Wildman–Crippen MR) is 92.4 cm³/mol. The van der Waals surface area contributed by atoms with E-state index in [9.17, 15) is 0 Å². The van der Waals surface area contributed by atoms with Crippen molar-refractivity contribution >= 4 is 17.5 Å². The molecule has 1 aromatic carbocycles. The summed E-state index contributed by atoms with van der Waals surface area (Å²) >= 11 is 0. The molecular weight excluding hydrogens is 290 g/mol. The van der Waals surface area contributed by atoms with Crippen LogP contribution in [0.1, 0.15) is 5.56 Å². The van der Waals surface area contributed by atoms with E-state index in [-0.39, 0.29) is 0 Å². The van der Waals surface area contributed by atoms with Crippen molar-refractivity contribution in [1.82, 2.24) is 15.0 Å². The largest absolute Gasteiger partial charge is 0.497 e. The first-order valence-electron chi connectivity index (χ1n) is 7.31. The second-order valence-electron chi connectivity index (χ2n) is 5.11. The van der Waals surface area contributed by atoms with E-state index < -0.39 is 0 Å². The Hall–Kier alpha value is -3.02. The smallest absolute Gasteiger partial charge is 0.227 e. The number of methoxy groups -OCH3 is 1. The van der Waals surface area contributed by atoms with Gasteiger partial charge in [-0.1, -0.05) is 6.07 Å². The fraction of sp³-hybridized carbons (Fsp3) is 0.176. The van der Waals surface area contributed by atoms with Crippen LogP contribution in [0.25, 0.3) is 11.4 Å². The van der Waals surface area contributed by atoms with E-state index in [4.69, 9.17) is 4.74 Å². The van der Waals surface area contributed by atoms with Crippen molar-refractivity contribution in [2.45, 2.75) is 6.92 Å². The minimum absolute atomic E-state index is 0.538. The number of aryl methyl sites for hydroxylation is 1. The first-order valence-corrected chi connectivity index (χ1v) is 7.31. The Morgan fingerprint density at radius 3 is 2.78 bits per heavy atom. The van der Waals surface area contributed by atoms with Crippen molar-refractivity contribution in [1.29, 1.82) is 0 Å². The Labute approximate surface area is 135 Å². The van der Waals surface area contributed by atoms with Crippen LogP contribution in [0.15, 0.2) is 42.6 Å². The van der Waals surface area contributed by atoms with E-state index in [1.54, 1.807) is 13.3 Å². The van der Waals surface area contributed by atoms with Crippen LogP contribution >= 0.6 is 0 Å². The molecule has 3 rings (SSSR count). The van der Waals surface area contributed by atoms with E-state index in [0.717, 1.165) is 34.2 Å². The van der Waals surface area contributed by atoms with Gasteiger partial charge in [0.15, 0.2) is 0 Å². The first kappa shape index (κ1) is 14.9. The molecule has 0 unspecified atom stereocenters. The summed E-state index contributed by atoms with van der Waals surface area (Å²) in [4.78, 5) is 12.2. The van der Waals surface area contributed by atoms with Gasteiger partial charge in [0.05, 0.1) is 18.5 Å². The number of hydrogen-bond donors (Lipinski definition) is 3. The fourth-order valence-electron chi connectivity index (χ4n) is 2.35. The van der Waals surface area contributed by atoms with Crippen molar-refractivity contribution in [2.75, 3.05) is 24.8 Å². The minimum Gasteiger partial charge on any atom is -0.497 e. The van der Waals surface area contributed by atoms with Gasteiger partial charge in [0, 0.05) is 25.0 Å². The Balaban J connectivity index is 1.88. The number of hydrogen-bond acceptors (Lipinski definition) is 5. The summed E-state index contributed by atoms with van der Waals surface area (Å²) in [5.74, 6) is 2.28. The maximum atomic E-state index is 5.22. The summed E-state index contributed by atoms with van der Waals surface area (Å²) in [6, 6.07) is 11.6. The molecule has 0 aliphatic rings. The fourth-order valence-corrected chi connectivity index (χ4v) is 2.35. The topological polar surface area (TPSA) is 74.9 Å². The second kappa shape index (κ2) is 6.39. The Kier molecular flexibility index (Phi) is 4.14. The van der Waals surface area contributed by atoms with Gasteiger partial charge < -0.3 is 20.4 Å². The molecule has 2 heterocycles. The number of benzene rings is 1. The third-order valence-corrected chi connectivity index (χ3v) is 3.52. The molecule has 0 saturated heterocycles. The number of anilines is 3. The maximum Gasteiger partial charge on any atom is 0.227 e. The summed E-state index contributed by atoms with van der Waals surface area (Å²) in [5.41, 5.74) is 3.82. The van der Waals surface area contributed by atoms with Crippen molar-refractivity contribution in [3.63, 3.8) is 0 Å². The van der Waals surface area contributed by atoms with E-state index in [1.807, 2.05) is 50.4 Å². The zero-order chi connectivity index (χ0) is 16.2. The van der Waals surface area contributed by atoms with Crippen LogP contribution in [0.4, 0.5) is 17.5 Å². The van der Waals surface area contributed by atoms with Crippen molar-refractivity contribution in [3.05, 3.63) is 48.2 Å². The van der Waals surface area contributed by atoms with Crippen LogP contribution in [0.2, 0.25) is 0 Å². The minimum atomic E-state index is 0.538. The zero-order valence-corrected chi connectivity index (χ0v) is 13.3. The van der Waals surface area contributed by atoms with E-state index >= 15 is 0 Å². The van der Waals surface area contributed by atoms with Gasteiger partial charge in [-0.2, -0.15) is 0 Å². The van der Waals surface area contributed by atoms with Gasteiger partial charge in [-0.15, -0.1) is 0 Å². The molecule has 0 saturated carbocycles. The number of nitrogens with zero attached hydrogens (tertiary/aromatic N) is 2. The SMILES string of the molecule is CNc1cc(C)c(-c2ccnc(Nc3cccc(OC)c3)n2)[nH]1. The summed E-state index contributed by atoms with van der Waals surface area (Å²) < 4.78 is 5.22. The molecule has 0 atom stereocenters. The molecule has 0 amide bonds. The molecular formula is C17H19N5O. The Morgan fingerprint density at radius 2 is 2.04 bits per heavy atom. The van der Waals surface area contributed by atoms with Crippen LogP contribution in [0.5, 0.6) is 5.75 Å². The summed E-state index contributed by atoms with van der Waals surface area (Å²) in [5, 5.41) is 6.29. The Morgan fingerprint density at radius 1 is 1.17 bits per heavy atom. The lowest BCUT2D eigenvalue weighted by molar-refractivity contribution is 0.415. The lowest BCUT2D eigenvalue weighted by Gasteiger charge is -2.08. The average molecular weight is 309 g/mol. The average Bonchev–Trinajstić information content (AvgIpc) is 2.96. The van der Waals surface area contributed by atoms with Gasteiger partial charge in [0.2, 0.25) is 5.95 Å². The molecule has 3 aromatic rings. The highest BCUT2D eigenvalue weighted by molar-refractivity contribution is 5.66. The quantitative estimate of drug-likeness (QED) is 0.672. The van der Waals surface area contributed by atoms with Gasteiger partial charge in [0.25, 0.3) is 0 Å². The monoisotopic (exact) mass is 309 g/mol. The van der Waals surface area contributed by atoms with Crippen molar-refractivity contribution in [3.8, 4) is 17.1 Å². The van der Waals surface area contributed by atoms with Crippen LogP contribution in [0, 0.1) is 6.92 Å². The lowest BCUT2D eigenvalue weighted by atomic mass is 10.2. The van der Waals surface area contributed by atoms with Crippen LogP contribution < -0.4 is 15.4 Å². The maximum absolute atomic E-state index is 5.22. The van der Waals surface area contributed by atoms with Gasteiger partial charge in [-0.3, -0.25) is 0 Å². The zero-order valence-electron chi connectivity index (χ0n) is 13.3. The molecule has 0 fully saturated rings. The molecule has 0 spiro atoms. The third kappa shape index (κ3) is 3.26. The Bertz CT molecular complexity index is 812. The summed E-state index contributed by atoms with van der Waals surface area (Å²) in [6.45, 7) is 2.05. The molecule has 0 aliphatic carbocycles. The van der Waals surface area contributed by atoms with Crippen molar-refractivity contribution in [2.24, 2.45) is 0 Å². The molecule has 6 nitrogen and oxygen atoms in total. The summed E-state index contributed by atoms with van der Waals surface area (Å²) in [6.07, 6.45) is 1.74. The number of aromatic nitrogens is 3. The molecule has 118 valence electrons. The van der Waals surface area contributed by atoms with Crippen LogP contribution in [-0.4, -0.2) is 29.1 Å². The third-order valence-electron chi connectivity index (χ3n) is 3.52. The molecule has 0 aliphatic heterocycles. The van der Waals surface area contributed by atoms with E-state index in [0.29, 0.717) is 5.95 Å². The molecule has 0 radical (unpaired) electrons. The van der Waals surface area contributed by atoms with Gasteiger partial charge in [-0.25, -0.2) is 9.97 Å². The van der Waals surface area contributed by atoms with E-state index in [2.05, 4.69) is 25.6 Å². The highest BCUT2D eigenvalue weighted by atomic mass is 16.5. The molecule has 0 bridgehead atoms. The molecule has 23 heavy (non-hydrogen) atoms. The van der Waals surface area contributed by atoms with Gasteiger partial charge >= 0.3 is 0 Å². The number of aromatic amines is 1. The standard InChI is InChI=1S/C17H19N5O/c1-11-9-15(18-2)22-16(11)14-7-8-19-17(21-14)20-12-5-4-6-13(10-12)23-3/h4-10,18,22H,1-3H3,(H,19,20,21). The van der Waals surface area contributed by atoms with E-state index in [1.165, 1.54) is 0 Å². The summed E-state index contributed by atoms with van der Waals surface area (Å²) in [7, 11) is 3.52. The first-order chi connectivity index (χ1) is 11.2. The molecule has 3 N–H and O–H groups in total. The van der Waals surface area contributed by atoms with Gasteiger partial charge in [0.1, 0.15) is 11.6 Å². The normalized spacial score (nSPS) is 10.4. The number of H-pyrrole nitrogens is 1. The van der Waals surface area contributed by atoms with Crippen LogP contribution in [-0.2, 0) is 0 Å². The predicted octanol–water partition coefficient (Wildman–Crippen LogP) is 3.57. The molecule has 2 aromatic heterocycles. The van der Waals surface area contributed by atoms with Crippen molar-refractivity contribution < 1.29 is 4.74 Å². The van der Waals surface area contributed by atoms with Crippen LogP contribution in [0.3, 0.4) is 0 Å². The second-order valence-corrected chi connectivity index (χ2v) is 5.11. The number of nitrogens with one attached hydrogen (secondary N) is 3. The lowest BCUT2D eigenvalue weighted by Crippen LogP contribution is -1.98. The number of ether oxygens (including phenoxy) is 1. The molecule has 6 heteroatoms. The highest BCUT2D eigenvalue weighted by Crippen LogP contribution is 2.25. The number of rotatable bonds is 5.